The second-order valence-electron chi connectivity index (χ2n) is 5.84. The number of alkyl halides is 3. The van der Waals surface area contributed by atoms with Crippen LogP contribution in [0.2, 0.25) is 0 Å². The molecule has 3 N–H and O–H groups in total. The van der Waals surface area contributed by atoms with Gasteiger partial charge in [-0.2, -0.15) is 13.2 Å². The summed E-state index contributed by atoms with van der Waals surface area (Å²) in [4.78, 5) is 12.1. The molecule has 24 heavy (non-hydrogen) atoms. The molecule has 0 saturated heterocycles. The molecule has 0 heterocycles. The highest BCUT2D eigenvalue weighted by Crippen LogP contribution is 2.30. The normalized spacial score (nSPS) is 16.8. The molecule has 2 rings (SSSR count). The van der Waals surface area contributed by atoms with Crippen molar-refractivity contribution in [1.29, 1.82) is 0 Å². The van der Waals surface area contributed by atoms with E-state index in [-0.39, 0.29) is 31.5 Å². The molecule has 0 bridgehead atoms. The maximum atomic E-state index is 12.4. The number of nitrogens with two attached hydrogens (primary N) is 1. The van der Waals surface area contributed by atoms with Gasteiger partial charge in [0.2, 0.25) is 5.91 Å². The SMILES string of the molecule is Cl.NC1(C(=O)NCCOc2ccc(C(F)(F)F)cc2)CCCCC1. The molecule has 136 valence electrons. The Labute approximate surface area is 145 Å². The fourth-order valence-corrected chi connectivity index (χ4v) is 2.66. The fraction of sp³-hybridized carbons (Fsp3) is 0.562. The number of ether oxygens (including phenoxy) is 1. The Morgan fingerprint density at radius 2 is 1.75 bits per heavy atom. The lowest BCUT2D eigenvalue weighted by Gasteiger charge is -2.31. The number of carbonyl (C=O) groups is 1. The summed E-state index contributed by atoms with van der Waals surface area (Å²) in [6, 6.07) is 4.45. The predicted octanol–water partition coefficient (Wildman–Crippen LogP) is 3.28. The van der Waals surface area contributed by atoms with Crippen LogP contribution in [0.3, 0.4) is 0 Å². The molecule has 1 aliphatic rings. The van der Waals surface area contributed by atoms with Crippen molar-refractivity contribution >= 4 is 18.3 Å². The van der Waals surface area contributed by atoms with E-state index in [1.54, 1.807) is 0 Å². The van der Waals surface area contributed by atoms with Crippen molar-refractivity contribution in [2.45, 2.75) is 43.8 Å². The van der Waals surface area contributed by atoms with Crippen LogP contribution in [0.5, 0.6) is 5.75 Å². The molecule has 1 amide bonds. The Kier molecular flexibility index (Phi) is 7.35. The van der Waals surface area contributed by atoms with Crippen LogP contribution < -0.4 is 15.8 Å². The van der Waals surface area contributed by atoms with Crippen molar-refractivity contribution in [2.24, 2.45) is 5.73 Å². The van der Waals surface area contributed by atoms with E-state index < -0.39 is 17.3 Å². The Morgan fingerprint density at radius 3 is 2.29 bits per heavy atom. The van der Waals surface area contributed by atoms with Crippen LogP contribution in [-0.2, 0) is 11.0 Å². The van der Waals surface area contributed by atoms with Crippen molar-refractivity contribution in [2.75, 3.05) is 13.2 Å². The molecule has 0 aromatic heterocycles. The van der Waals surface area contributed by atoms with Gasteiger partial charge in [-0.1, -0.05) is 19.3 Å². The monoisotopic (exact) mass is 366 g/mol. The molecule has 1 aromatic carbocycles. The zero-order valence-electron chi connectivity index (χ0n) is 13.2. The standard InChI is InChI=1S/C16H21F3N2O2.ClH/c17-16(18,19)12-4-6-13(7-5-12)23-11-10-21-14(22)15(20)8-2-1-3-9-15;/h4-7H,1-3,8-11,20H2,(H,21,22);1H. The molecule has 8 heteroatoms. The third-order valence-corrected chi connectivity index (χ3v) is 4.04. The number of hydrogen-bond acceptors (Lipinski definition) is 3. The predicted molar refractivity (Wildman–Crippen MR) is 87.2 cm³/mol. The molecule has 0 atom stereocenters. The summed E-state index contributed by atoms with van der Waals surface area (Å²) >= 11 is 0. The Morgan fingerprint density at radius 1 is 1.17 bits per heavy atom. The zero-order chi connectivity index (χ0) is 16.9. The highest BCUT2D eigenvalue weighted by atomic mass is 35.5. The summed E-state index contributed by atoms with van der Waals surface area (Å²) < 4.78 is 42.6. The molecular formula is C16H22ClF3N2O2. The molecule has 4 nitrogen and oxygen atoms in total. The van der Waals surface area contributed by atoms with Crippen molar-refractivity contribution in [3.63, 3.8) is 0 Å². The summed E-state index contributed by atoms with van der Waals surface area (Å²) in [5, 5.41) is 2.73. The molecule has 0 radical (unpaired) electrons. The van der Waals surface area contributed by atoms with Crippen LogP contribution in [0.4, 0.5) is 13.2 Å². The van der Waals surface area contributed by atoms with Crippen molar-refractivity contribution in [3.05, 3.63) is 29.8 Å². The van der Waals surface area contributed by atoms with Crippen LogP contribution in [0.15, 0.2) is 24.3 Å². The summed E-state index contributed by atoms with van der Waals surface area (Å²) in [6.45, 7) is 0.436. The number of nitrogens with one attached hydrogen (secondary N) is 1. The Bertz CT molecular complexity index is 529. The van der Waals surface area contributed by atoms with E-state index in [1.165, 1.54) is 12.1 Å². The van der Waals surface area contributed by atoms with Gasteiger partial charge in [-0.25, -0.2) is 0 Å². The van der Waals surface area contributed by atoms with Crippen molar-refractivity contribution in [3.8, 4) is 5.75 Å². The Hall–Kier alpha value is -1.47. The van der Waals surface area contributed by atoms with Gasteiger partial charge in [-0.3, -0.25) is 4.79 Å². The van der Waals surface area contributed by atoms with E-state index in [9.17, 15) is 18.0 Å². The van der Waals surface area contributed by atoms with Gasteiger partial charge in [-0.15, -0.1) is 12.4 Å². The van der Waals surface area contributed by atoms with Gasteiger partial charge in [0.15, 0.2) is 0 Å². The molecule has 0 aliphatic heterocycles. The van der Waals surface area contributed by atoms with Gasteiger partial charge in [0, 0.05) is 0 Å². The summed E-state index contributed by atoms with van der Waals surface area (Å²) in [5.41, 5.74) is 4.57. The van der Waals surface area contributed by atoms with Gasteiger partial charge < -0.3 is 15.8 Å². The second kappa shape index (κ2) is 8.58. The molecule has 1 aromatic rings. The van der Waals surface area contributed by atoms with Crippen LogP contribution in [0.1, 0.15) is 37.7 Å². The van der Waals surface area contributed by atoms with E-state index in [0.717, 1.165) is 31.4 Å². The summed E-state index contributed by atoms with van der Waals surface area (Å²) in [5.74, 6) is 0.139. The first-order chi connectivity index (χ1) is 10.8. The average molecular weight is 367 g/mol. The number of carbonyl (C=O) groups excluding carboxylic acids is 1. The summed E-state index contributed by atoms with van der Waals surface area (Å²) in [6.07, 6.45) is 0.000343. The molecule has 1 saturated carbocycles. The number of halogens is 4. The number of rotatable bonds is 5. The van der Waals surface area contributed by atoms with E-state index in [1.807, 2.05) is 0 Å². The first-order valence-electron chi connectivity index (χ1n) is 7.68. The van der Waals surface area contributed by atoms with Crippen molar-refractivity contribution in [1.82, 2.24) is 5.32 Å². The van der Waals surface area contributed by atoms with E-state index >= 15 is 0 Å². The maximum Gasteiger partial charge on any atom is 0.416 e. The van der Waals surface area contributed by atoms with Gasteiger partial charge in [0.05, 0.1) is 17.6 Å². The van der Waals surface area contributed by atoms with Crippen LogP contribution in [-0.4, -0.2) is 24.6 Å². The molecule has 1 aliphatic carbocycles. The minimum atomic E-state index is -4.36. The third kappa shape index (κ3) is 5.56. The van der Waals surface area contributed by atoms with E-state index in [4.69, 9.17) is 10.5 Å². The lowest BCUT2D eigenvalue weighted by atomic mass is 9.82. The average Bonchev–Trinajstić information content (AvgIpc) is 2.51. The maximum absolute atomic E-state index is 12.4. The fourth-order valence-electron chi connectivity index (χ4n) is 2.66. The lowest BCUT2D eigenvalue weighted by Crippen LogP contribution is -2.55. The van der Waals surface area contributed by atoms with Gasteiger partial charge in [0.25, 0.3) is 0 Å². The quantitative estimate of drug-likeness (QED) is 0.786. The van der Waals surface area contributed by atoms with Gasteiger partial charge >= 0.3 is 6.18 Å². The topological polar surface area (TPSA) is 64.4 Å². The van der Waals surface area contributed by atoms with Crippen LogP contribution >= 0.6 is 12.4 Å². The minimum Gasteiger partial charge on any atom is -0.492 e. The van der Waals surface area contributed by atoms with Gasteiger partial charge in [0.1, 0.15) is 12.4 Å². The lowest BCUT2D eigenvalue weighted by molar-refractivity contribution is -0.137. The number of amides is 1. The molecule has 0 unspecified atom stereocenters. The Balaban J connectivity index is 0.00000288. The molecular weight excluding hydrogens is 345 g/mol. The highest BCUT2D eigenvalue weighted by molar-refractivity contribution is 5.86. The van der Waals surface area contributed by atoms with Crippen LogP contribution in [0, 0.1) is 0 Å². The van der Waals surface area contributed by atoms with E-state index in [0.29, 0.717) is 18.6 Å². The first kappa shape index (κ1) is 20.6. The second-order valence-corrected chi connectivity index (χ2v) is 5.84. The third-order valence-electron chi connectivity index (χ3n) is 4.04. The van der Waals surface area contributed by atoms with Crippen LogP contribution in [0.25, 0.3) is 0 Å². The largest absolute Gasteiger partial charge is 0.492 e. The highest BCUT2D eigenvalue weighted by Gasteiger charge is 2.34. The first-order valence-corrected chi connectivity index (χ1v) is 7.68. The smallest absolute Gasteiger partial charge is 0.416 e. The number of hydrogen-bond donors (Lipinski definition) is 2. The summed E-state index contributed by atoms with van der Waals surface area (Å²) in [7, 11) is 0. The number of benzene rings is 1. The van der Waals surface area contributed by atoms with Gasteiger partial charge in [-0.05, 0) is 37.1 Å². The minimum absolute atomic E-state index is 0. The van der Waals surface area contributed by atoms with Crippen molar-refractivity contribution < 1.29 is 22.7 Å². The molecule has 1 fully saturated rings. The van der Waals surface area contributed by atoms with E-state index in [2.05, 4.69) is 5.32 Å². The zero-order valence-corrected chi connectivity index (χ0v) is 14.0. The molecule has 0 spiro atoms.